The van der Waals surface area contributed by atoms with Gasteiger partial charge >= 0.3 is 11.9 Å². The number of carbonyl (C=O) groups is 2. The highest BCUT2D eigenvalue weighted by atomic mass is 16.4. The van der Waals surface area contributed by atoms with Crippen molar-refractivity contribution in [3.05, 3.63) is 35.4 Å². The number of aliphatic carboxylic acids is 2. The van der Waals surface area contributed by atoms with Crippen LogP contribution in [0.2, 0.25) is 0 Å². The number of carboxylic acid groups (broad SMARTS) is 2. The van der Waals surface area contributed by atoms with Crippen LogP contribution in [0, 0.1) is 0 Å². The Kier molecular flexibility index (Phi) is 3.51. The third-order valence-corrected chi connectivity index (χ3v) is 3.13. The Morgan fingerprint density at radius 2 is 1.28 bits per heavy atom. The smallest absolute Gasteiger partial charge is 0.325 e. The van der Waals surface area contributed by atoms with Gasteiger partial charge in [0.05, 0.1) is 0 Å². The Hall–Kier alpha value is -1.84. The van der Waals surface area contributed by atoms with Crippen LogP contribution in [0.3, 0.4) is 0 Å². The van der Waals surface area contributed by atoms with Crippen LogP contribution in [-0.4, -0.2) is 22.2 Å². The average molecular weight is 250 g/mol. The molecule has 1 rings (SSSR count). The Labute approximate surface area is 106 Å². The van der Waals surface area contributed by atoms with E-state index in [1.165, 1.54) is 6.92 Å². The minimum Gasteiger partial charge on any atom is -0.480 e. The molecule has 0 aliphatic rings. The lowest BCUT2D eigenvalue weighted by Crippen LogP contribution is -2.42. The lowest BCUT2D eigenvalue weighted by Gasteiger charge is -2.29. The quantitative estimate of drug-likeness (QED) is 0.808. The monoisotopic (exact) mass is 250 g/mol. The highest BCUT2D eigenvalue weighted by Gasteiger charge is 2.45. The normalized spacial score (nSPS) is 12.2. The van der Waals surface area contributed by atoms with Crippen molar-refractivity contribution in [1.29, 1.82) is 0 Å². The number of carboxylic acids is 2. The molecule has 0 fully saturated rings. The molecule has 0 heterocycles. The van der Waals surface area contributed by atoms with E-state index in [0.29, 0.717) is 5.56 Å². The van der Waals surface area contributed by atoms with Crippen LogP contribution in [0.1, 0.15) is 38.8 Å². The van der Waals surface area contributed by atoms with Gasteiger partial charge in [-0.1, -0.05) is 45.0 Å². The van der Waals surface area contributed by atoms with Crippen molar-refractivity contribution in [3.63, 3.8) is 0 Å². The van der Waals surface area contributed by atoms with Crippen molar-refractivity contribution in [1.82, 2.24) is 0 Å². The van der Waals surface area contributed by atoms with Crippen LogP contribution in [-0.2, 0) is 20.4 Å². The van der Waals surface area contributed by atoms with E-state index in [9.17, 15) is 19.8 Å². The molecular weight excluding hydrogens is 232 g/mol. The second-order valence-corrected chi connectivity index (χ2v) is 5.53. The third kappa shape index (κ3) is 2.23. The van der Waals surface area contributed by atoms with Gasteiger partial charge in [0.1, 0.15) is 0 Å². The molecule has 0 spiro atoms. The van der Waals surface area contributed by atoms with Crippen LogP contribution >= 0.6 is 0 Å². The molecule has 1 aromatic rings. The van der Waals surface area contributed by atoms with Crippen molar-refractivity contribution in [3.8, 4) is 0 Å². The zero-order valence-electron chi connectivity index (χ0n) is 11.0. The molecule has 98 valence electrons. The summed E-state index contributed by atoms with van der Waals surface area (Å²) in [6, 6.07) is 6.80. The van der Waals surface area contributed by atoms with Gasteiger partial charge in [-0.05, 0) is 23.5 Å². The summed E-state index contributed by atoms with van der Waals surface area (Å²) in [4.78, 5) is 22.7. The first-order chi connectivity index (χ1) is 8.11. The van der Waals surface area contributed by atoms with E-state index in [0.717, 1.165) is 5.56 Å². The minimum absolute atomic E-state index is 0.317. The van der Waals surface area contributed by atoms with E-state index >= 15 is 0 Å². The van der Waals surface area contributed by atoms with Crippen molar-refractivity contribution in [2.45, 2.75) is 38.5 Å². The molecule has 0 aliphatic carbocycles. The van der Waals surface area contributed by atoms with Gasteiger partial charge in [-0.25, -0.2) is 0 Å². The molecule has 0 atom stereocenters. The SMILES string of the molecule is CC(C)(C)c1ccccc1C(C)(C(=O)O)C(=O)O. The van der Waals surface area contributed by atoms with Crippen LogP contribution in [0.5, 0.6) is 0 Å². The molecule has 0 saturated heterocycles. The molecule has 0 aliphatic heterocycles. The Bertz CT molecular complexity index is 469. The summed E-state index contributed by atoms with van der Waals surface area (Å²) >= 11 is 0. The van der Waals surface area contributed by atoms with E-state index in [1.54, 1.807) is 24.3 Å². The topological polar surface area (TPSA) is 74.6 Å². The first kappa shape index (κ1) is 14.2. The molecular formula is C14H18O4. The Morgan fingerprint density at radius 3 is 1.61 bits per heavy atom. The van der Waals surface area contributed by atoms with Gasteiger partial charge in [0.2, 0.25) is 0 Å². The van der Waals surface area contributed by atoms with E-state index < -0.39 is 17.4 Å². The highest BCUT2D eigenvalue weighted by Crippen LogP contribution is 2.34. The summed E-state index contributed by atoms with van der Waals surface area (Å²) in [7, 11) is 0. The predicted molar refractivity (Wildman–Crippen MR) is 67.8 cm³/mol. The second kappa shape index (κ2) is 4.44. The molecule has 18 heavy (non-hydrogen) atoms. The summed E-state index contributed by atoms with van der Waals surface area (Å²) in [5.74, 6) is -2.71. The largest absolute Gasteiger partial charge is 0.480 e. The maximum atomic E-state index is 11.4. The van der Waals surface area contributed by atoms with Crippen molar-refractivity contribution in [2.24, 2.45) is 0 Å². The molecule has 4 nitrogen and oxygen atoms in total. The molecule has 0 amide bonds. The Morgan fingerprint density at radius 1 is 0.889 bits per heavy atom. The van der Waals surface area contributed by atoms with Gasteiger partial charge in [-0.3, -0.25) is 9.59 Å². The molecule has 1 aromatic carbocycles. The summed E-state index contributed by atoms with van der Waals surface area (Å²) < 4.78 is 0. The van der Waals surface area contributed by atoms with Crippen LogP contribution in [0.25, 0.3) is 0 Å². The predicted octanol–water partition coefficient (Wildman–Crippen LogP) is 2.41. The highest BCUT2D eigenvalue weighted by molar-refractivity contribution is 6.04. The number of hydrogen-bond acceptors (Lipinski definition) is 2. The zero-order valence-corrected chi connectivity index (χ0v) is 11.0. The van der Waals surface area contributed by atoms with Gasteiger partial charge in [-0.2, -0.15) is 0 Å². The van der Waals surface area contributed by atoms with Crippen molar-refractivity contribution in [2.75, 3.05) is 0 Å². The molecule has 2 N–H and O–H groups in total. The fourth-order valence-electron chi connectivity index (χ4n) is 1.90. The first-order valence-electron chi connectivity index (χ1n) is 5.68. The number of rotatable bonds is 3. The van der Waals surface area contributed by atoms with Gasteiger partial charge in [0, 0.05) is 0 Å². The van der Waals surface area contributed by atoms with Gasteiger partial charge < -0.3 is 10.2 Å². The lowest BCUT2D eigenvalue weighted by atomic mass is 9.73. The fraction of sp³-hybridized carbons (Fsp3) is 0.429. The maximum Gasteiger partial charge on any atom is 0.325 e. The van der Waals surface area contributed by atoms with E-state index in [1.807, 2.05) is 20.8 Å². The van der Waals surface area contributed by atoms with Gasteiger partial charge in [0.15, 0.2) is 5.41 Å². The van der Waals surface area contributed by atoms with Gasteiger partial charge in [0.25, 0.3) is 0 Å². The minimum atomic E-state index is -1.93. The fourth-order valence-corrected chi connectivity index (χ4v) is 1.90. The summed E-state index contributed by atoms with van der Waals surface area (Å²) in [5.41, 5.74) is -1.18. The standard InChI is InChI=1S/C14H18O4/c1-13(2,3)9-7-5-6-8-10(9)14(4,11(15)16)12(17)18/h5-8H,1-4H3,(H,15,16)(H,17,18). The summed E-state index contributed by atoms with van der Waals surface area (Å²) in [6.45, 7) is 7.00. The van der Waals surface area contributed by atoms with Crippen LogP contribution in [0.4, 0.5) is 0 Å². The molecule has 0 unspecified atom stereocenters. The van der Waals surface area contributed by atoms with Crippen molar-refractivity contribution >= 4 is 11.9 Å². The van der Waals surface area contributed by atoms with E-state index in [-0.39, 0.29) is 5.41 Å². The van der Waals surface area contributed by atoms with Crippen molar-refractivity contribution < 1.29 is 19.8 Å². The molecule has 0 bridgehead atoms. The Balaban J connectivity index is 3.59. The number of hydrogen-bond donors (Lipinski definition) is 2. The number of benzene rings is 1. The maximum absolute atomic E-state index is 11.4. The summed E-state index contributed by atoms with van der Waals surface area (Å²) in [5, 5.41) is 18.5. The molecule has 0 aromatic heterocycles. The second-order valence-electron chi connectivity index (χ2n) is 5.53. The van der Waals surface area contributed by atoms with E-state index in [4.69, 9.17) is 0 Å². The lowest BCUT2D eigenvalue weighted by molar-refractivity contribution is -0.156. The van der Waals surface area contributed by atoms with Gasteiger partial charge in [-0.15, -0.1) is 0 Å². The summed E-state index contributed by atoms with van der Waals surface area (Å²) in [6.07, 6.45) is 0. The van der Waals surface area contributed by atoms with Crippen LogP contribution < -0.4 is 0 Å². The molecule has 0 saturated carbocycles. The first-order valence-corrected chi connectivity index (χ1v) is 5.68. The van der Waals surface area contributed by atoms with Crippen LogP contribution in [0.15, 0.2) is 24.3 Å². The molecule has 0 radical (unpaired) electrons. The third-order valence-electron chi connectivity index (χ3n) is 3.13. The average Bonchev–Trinajstić information content (AvgIpc) is 2.26. The van der Waals surface area contributed by atoms with E-state index in [2.05, 4.69) is 0 Å². The zero-order chi connectivity index (χ0) is 14.1. The molecule has 4 heteroatoms.